The summed E-state index contributed by atoms with van der Waals surface area (Å²) in [5.41, 5.74) is 2.46. The van der Waals surface area contributed by atoms with Crippen LogP contribution in [0, 0.1) is 10.8 Å². The maximum absolute atomic E-state index is 8.98. The zero-order valence-electron chi connectivity index (χ0n) is 29.9. The zero-order valence-corrected chi connectivity index (χ0v) is 33.8. The van der Waals surface area contributed by atoms with Gasteiger partial charge in [0.25, 0.3) is 0 Å². The molecular weight excluding hydrogens is 780 g/mol. The van der Waals surface area contributed by atoms with E-state index < -0.39 is 10.4 Å². The Hall–Kier alpha value is -3.93. The van der Waals surface area contributed by atoms with Crippen LogP contribution in [0.1, 0.15) is 26.7 Å². The monoisotopic (exact) mass is 820 g/mol. The first-order valence-corrected chi connectivity index (χ1v) is 20.4. The predicted molar refractivity (Wildman–Crippen MR) is 215 cm³/mol. The maximum Gasteiger partial charge on any atom is 0.407 e. The number of ether oxygens (including phenoxy) is 2. The molecule has 284 valence electrons. The molecule has 0 aromatic heterocycles. The van der Waals surface area contributed by atoms with Crippen LogP contribution in [0.4, 0.5) is 22.7 Å². The number of benzene rings is 4. The number of hydrogen-bond donors (Lipinski definition) is 0. The lowest BCUT2D eigenvalue weighted by molar-refractivity contribution is 0.352. The molecule has 12 nitrogen and oxygen atoms in total. The third-order valence-corrected chi connectivity index (χ3v) is 10.1. The molecule has 0 heterocycles. The van der Waals surface area contributed by atoms with Crippen LogP contribution in [-0.2, 0) is 10.4 Å². The van der Waals surface area contributed by atoms with E-state index in [0.29, 0.717) is 32.9 Å². The second kappa shape index (κ2) is 24.4. The minimum absolute atomic E-state index is 0.313. The molecule has 0 radical (unpaired) electrons. The van der Waals surface area contributed by atoms with Gasteiger partial charge in [0.05, 0.1) is 37.7 Å². The Balaban J connectivity index is 0.000000325. The molecule has 17 heteroatoms. The van der Waals surface area contributed by atoms with E-state index in [1.165, 1.54) is 9.79 Å². The summed E-state index contributed by atoms with van der Waals surface area (Å²) in [6.07, 6.45) is 2.08. The van der Waals surface area contributed by atoms with E-state index in [2.05, 4.69) is 82.1 Å². The topological polar surface area (TPSA) is 162 Å². The Kier molecular flexibility index (Phi) is 20.8. The van der Waals surface area contributed by atoms with Gasteiger partial charge in [0, 0.05) is 46.4 Å². The van der Waals surface area contributed by atoms with Crippen molar-refractivity contribution in [2.75, 3.05) is 61.7 Å². The number of methoxy groups -OCH3 is 2. The SMILES string of the molecule is CCN(CCCSc1ccccc1)c1cc(Cl)c([N+]#N)cc1OC.CCN(CCCSc1ccccc1)c1cc(Cl)c([N+]#N)cc1OC.O=S(=O)([O-])[O-]. The standard InChI is InChI=1S/2C18H21ClN3OS.H2O4S/c2*1-3-22(10-7-11-24-14-8-5-4-6-9-14)17-12-15(19)16(21-20)13-18(17)23-2;1-5(2,3)4/h2*4-6,8-9,12-13H,3,7,10-11H2,1-2H3;(H2,1,2,3,4)/q2*+1;/p-2. The molecule has 0 unspecified atom stereocenters. The van der Waals surface area contributed by atoms with Gasteiger partial charge < -0.3 is 28.4 Å². The van der Waals surface area contributed by atoms with Crippen molar-refractivity contribution in [1.29, 1.82) is 10.8 Å². The highest BCUT2D eigenvalue weighted by molar-refractivity contribution is 7.99. The van der Waals surface area contributed by atoms with Gasteiger partial charge in [0.15, 0.2) is 9.95 Å². The Bertz CT molecular complexity index is 1770. The van der Waals surface area contributed by atoms with Crippen LogP contribution in [0.25, 0.3) is 9.95 Å². The fourth-order valence-corrected chi connectivity index (χ4v) is 6.97. The summed E-state index contributed by atoms with van der Waals surface area (Å²) < 4.78 is 44.9. The lowest BCUT2D eigenvalue weighted by Crippen LogP contribution is -2.24. The summed E-state index contributed by atoms with van der Waals surface area (Å²) in [7, 11) is -1.96. The Morgan fingerprint density at radius 3 is 1.30 bits per heavy atom. The van der Waals surface area contributed by atoms with Gasteiger partial charge >= 0.3 is 11.4 Å². The molecule has 0 atom stereocenters. The van der Waals surface area contributed by atoms with Gasteiger partial charge in [0.1, 0.15) is 21.5 Å². The highest BCUT2D eigenvalue weighted by Gasteiger charge is 2.22. The lowest BCUT2D eigenvalue weighted by atomic mass is 10.2. The van der Waals surface area contributed by atoms with Crippen LogP contribution < -0.4 is 19.3 Å². The molecule has 0 N–H and O–H groups in total. The number of halogens is 2. The van der Waals surface area contributed by atoms with Crippen molar-refractivity contribution in [3.05, 3.63) is 105 Å². The molecule has 0 bridgehead atoms. The molecule has 0 aliphatic heterocycles. The lowest BCUT2D eigenvalue weighted by Gasteiger charge is -2.24. The summed E-state index contributed by atoms with van der Waals surface area (Å²) >= 11 is 16.0. The van der Waals surface area contributed by atoms with Crippen LogP contribution >= 0.6 is 46.7 Å². The first-order chi connectivity index (χ1) is 25.4. The van der Waals surface area contributed by atoms with E-state index in [9.17, 15) is 0 Å². The number of rotatable bonds is 16. The molecule has 0 saturated heterocycles. The van der Waals surface area contributed by atoms with E-state index >= 15 is 0 Å². The van der Waals surface area contributed by atoms with E-state index in [-0.39, 0.29) is 0 Å². The number of nitrogens with zero attached hydrogens (tertiary/aromatic N) is 6. The highest BCUT2D eigenvalue weighted by Crippen LogP contribution is 2.39. The summed E-state index contributed by atoms with van der Waals surface area (Å²) in [6.45, 7) is 7.69. The largest absolute Gasteiger partial charge is 0.759 e. The Morgan fingerprint density at radius 1 is 0.679 bits per heavy atom. The molecule has 0 amide bonds. The highest BCUT2D eigenvalue weighted by atomic mass is 35.5. The predicted octanol–water partition coefficient (Wildman–Crippen LogP) is 10.3. The average molecular weight is 822 g/mol. The number of anilines is 2. The van der Waals surface area contributed by atoms with Crippen molar-refractivity contribution in [1.82, 2.24) is 0 Å². The molecule has 0 fully saturated rings. The van der Waals surface area contributed by atoms with E-state index in [1.54, 1.807) is 38.5 Å². The molecule has 0 saturated carbocycles. The summed E-state index contributed by atoms with van der Waals surface area (Å²) in [4.78, 5) is 13.4. The van der Waals surface area contributed by atoms with Gasteiger partial charge in [-0.3, -0.25) is 8.42 Å². The number of hydrogen-bond acceptors (Lipinski definition) is 12. The maximum atomic E-state index is 8.98. The quantitative estimate of drug-likeness (QED) is 0.0346. The molecule has 0 aliphatic rings. The van der Waals surface area contributed by atoms with Crippen molar-refractivity contribution in [3.8, 4) is 11.5 Å². The zero-order chi connectivity index (χ0) is 39.2. The number of thioether (sulfide) groups is 2. The second-order valence-electron chi connectivity index (χ2n) is 10.7. The van der Waals surface area contributed by atoms with Gasteiger partial charge in [-0.2, -0.15) is 0 Å². The summed E-state index contributed by atoms with van der Waals surface area (Å²) in [6, 6.07) is 27.7. The van der Waals surface area contributed by atoms with Crippen LogP contribution in [-0.4, -0.2) is 69.4 Å². The Labute approximate surface area is 330 Å². The minimum Gasteiger partial charge on any atom is -0.759 e. The fourth-order valence-electron chi connectivity index (χ4n) is 4.86. The molecule has 4 rings (SSSR count). The first kappa shape index (κ1) is 45.2. The summed E-state index contributed by atoms with van der Waals surface area (Å²) in [5, 5.41) is 18.8. The fraction of sp³-hybridized carbons (Fsp3) is 0.333. The van der Waals surface area contributed by atoms with Crippen molar-refractivity contribution in [3.63, 3.8) is 0 Å². The third kappa shape index (κ3) is 16.7. The molecule has 0 spiro atoms. The van der Waals surface area contributed by atoms with Crippen molar-refractivity contribution >= 4 is 79.9 Å². The third-order valence-electron chi connectivity index (χ3n) is 7.33. The van der Waals surface area contributed by atoms with Crippen molar-refractivity contribution in [2.45, 2.75) is 36.5 Å². The van der Waals surface area contributed by atoms with Crippen molar-refractivity contribution < 1.29 is 27.0 Å². The molecular formula is C36H42Cl2N6O6S3. The normalized spacial score (nSPS) is 10.4. The van der Waals surface area contributed by atoms with E-state index in [0.717, 1.165) is 61.9 Å². The molecule has 4 aromatic carbocycles. The minimum atomic E-state index is -5.17. The smallest absolute Gasteiger partial charge is 0.407 e. The number of diazo groups is 2. The molecule has 4 aromatic rings. The molecule has 53 heavy (non-hydrogen) atoms. The summed E-state index contributed by atoms with van der Waals surface area (Å²) in [5.74, 6) is 3.40. The van der Waals surface area contributed by atoms with Gasteiger partial charge in [-0.1, -0.05) is 59.6 Å². The van der Waals surface area contributed by atoms with E-state index in [4.69, 9.17) is 61.0 Å². The van der Waals surface area contributed by atoms with Crippen LogP contribution in [0.15, 0.2) is 94.7 Å². The van der Waals surface area contributed by atoms with E-state index in [1.807, 2.05) is 35.7 Å². The second-order valence-corrected chi connectivity index (χ2v) is 14.7. The average Bonchev–Trinajstić information content (AvgIpc) is 3.15. The van der Waals surface area contributed by atoms with Crippen LogP contribution in [0.3, 0.4) is 0 Å². The van der Waals surface area contributed by atoms with Gasteiger partial charge in [-0.25, -0.2) is 0 Å². The molecule has 0 aliphatic carbocycles. The van der Waals surface area contributed by atoms with Crippen LogP contribution in [0.2, 0.25) is 10.0 Å². The van der Waals surface area contributed by atoms with Gasteiger partial charge in [0.2, 0.25) is 10.8 Å². The van der Waals surface area contributed by atoms with Crippen LogP contribution in [0.5, 0.6) is 11.5 Å². The van der Waals surface area contributed by atoms with Crippen molar-refractivity contribution in [2.24, 2.45) is 0 Å². The first-order valence-electron chi connectivity index (χ1n) is 16.4. The van der Waals surface area contributed by atoms with Gasteiger partial charge in [-0.15, -0.1) is 23.5 Å². The van der Waals surface area contributed by atoms with Gasteiger partial charge in [-0.05, 0) is 74.6 Å². The Morgan fingerprint density at radius 2 is 1.02 bits per heavy atom.